The van der Waals surface area contributed by atoms with Gasteiger partial charge in [0.25, 0.3) is 0 Å². The number of carbonyl (C=O) groups is 1. The van der Waals surface area contributed by atoms with E-state index in [1.807, 2.05) is 26.8 Å². The SMILES string of the molecule is CC(C)(C)OC(=O)NC1CCCN(c2ccc(C#N)cc2N)C1. The van der Waals surface area contributed by atoms with Gasteiger partial charge in [0.1, 0.15) is 5.60 Å². The predicted molar refractivity (Wildman–Crippen MR) is 90.2 cm³/mol. The molecule has 0 saturated carbocycles. The zero-order chi connectivity index (χ0) is 17.0. The fraction of sp³-hybridized carbons (Fsp3) is 0.529. The number of rotatable bonds is 2. The molecule has 0 aromatic heterocycles. The Labute approximate surface area is 137 Å². The van der Waals surface area contributed by atoms with Crippen molar-refractivity contribution in [1.82, 2.24) is 5.32 Å². The van der Waals surface area contributed by atoms with E-state index in [2.05, 4.69) is 16.3 Å². The maximum Gasteiger partial charge on any atom is 0.407 e. The van der Waals surface area contributed by atoms with Gasteiger partial charge < -0.3 is 20.7 Å². The lowest BCUT2D eigenvalue weighted by molar-refractivity contribution is 0.0500. The van der Waals surface area contributed by atoms with E-state index in [4.69, 9.17) is 15.7 Å². The van der Waals surface area contributed by atoms with E-state index in [1.54, 1.807) is 12.1 Å². The van der Waals surface area contributed by atoms with Crippen LogP contribution in [0.25, 0.3) is 0 Å². The molecule has 6 nitrogen and oxygen atoms in total. The predicted octanol–water partition coefficient (Wildman–Crippen LogP) is 2.63. The lowest BCUT2D eigenvalue weighted by atomic mass is 10.0. The minimum atomic E-state index is -0.504. The van der Waals surface area contributed by atoms with E-state index >= 15 is 0 Å². The fourth-order valence-electron chi connectivity index (χ4n) is 2.70. The van der Waals surface area contributed by atoms with Gasteiger partial charge in [-0.2, -0.15) is 5.26 Å². The number of anilines is 2. The van der Waals surface area contributed by atoms with Crippen LogP contribution < -0.4 is 16.0 Å². The molecular weight excluding hydrogens is 292 g/mol. The highest BCUT2D eigenvalue weighted by atomic mass is 16.6. The molecule has 6 heteroatoms. The van der Waals surface area contributed by atoms with Gasteiger partial charge in [-0.15, -0.1) is 0 Å². The van der Waals surface area contributed by atoms with Crippen LogP contribution in [0.5, 0.6) is 0 Å². The van der Waals surface area contributed by atoms with E-state index in [0.29, 0.717) is 17.8 Å². The number of alkyl carbamates (subject to hydrolysis) is 1. The van der Waals surface area contributed by atoms with Crippen LogP contribution in [0.4, 0.5) is 16.2 Å². The number of nitrogens with two attached hydrogens (primary N) is 1. The quantitative estimate of drug-likeness (QED) is 0.818. The van der Waals surface area contributed by atoms with Gasteiger partial charge in [0, 0.05) is 19.1 Å². The number of amides is 1. The minimum absolute atomic E-state index is 0.0219. The van der Waals surface area contributed by atoms with Crippen molar-refractivity contribution in [3.8, 4) is 6.07 Å². The Morgan fingerprint density at radius 2 is 2.22 bits per heavy atom. The number of nitrogens with one attached hydrogen (secondary N) is 1. The van der Waals surface area contributed by atoms with Gasteiger partial charge in [-0.05, 0) is 51.8 Å². The van der Waals surface area contributed by atoms with Crippen molar-refractivity contribution >= 4 is 17.5 Å². The largest absolute Gasteiger partial charge is 0.444 e. The number of benzene rings is 1. The van der Waals surface area contributed by atoms with Gasteiger partial charge >= 0.3 is 6.09 Å². The second-order valence-corrected chi connectivity index (χ2v) is 6.82. The molecule has 2 rings (SSSR count). The summed E-state index contributed by atoms with van der Waals surface area (Å²) in [4.78, 5) is 14.0. The summed E-state index contributed by atoms with van der Waals surface area (Å²) in [5.74, 6) is 0. The average molecular weight is 316 g/mol. The fourth-order valence-corrected chi connectivity index (χ4v) is 2.70. The van der Waals surface area contributed by atoms with Crippen LogP contribution in [-0.2, 0) is 4.74 Å². The van der Waals surface area contributed by atoms with Crippen LogP contribution >= 0.6 is 0 Å². The molecule has 0 bridgehead atoms. The van der Waals surface area contributed by atoms with Crippen molar-refractivity contribution in [3.05, 3.63) is 23.8 Å². The van der Waals surface area contributed by atoms with E-state index < -0.39 is 11.7 Å². The van der Waals surface area contributed by atoms with Crippen LogP contribution in [-0.4, -0.2) is 30.8 Å². The maximum absolute atomic E-state index is 11.9. The highest BCUT2D eigenvalue weighted by Crippen LogP contribution is 2.27. The number of hydrogen-bond acceptors (Lipinski definition) is 5. The second kappa shape index (κ2) is 6.78. The zero-order valence-electron chi connectivity index (χ0n) is 13.9. The lowest BCUT2D eigenvalue weighted by Gasteiger charge is -2.35. The van der Waals surface area contributed by atoms with Crippen molar-refractivity contribution in [3.63, 3.8) is 0 Å². The Hall–Kier alpha value is -2.42. The van der Waals surface area contributed by atoms with Crippen molar-refractivity contribution < 1.29 is 9.53 Å². The summed E-state index contributed by atoms with van der Waals surface area (Å²) in [6.07, 6.45) is 1.48. The third kappa shape index (κ3) is 4.78. The first kappa shape index (κ1) is 16.9. The maximum atomic E-state index is 11.9. The Morgan fingerprint density at radius 1 is 1.48 bits per heavy atom. The van der Waals surface area contributed by atoms with Crippen LogP contribution in [0.1, 0.15) is 39.2 Å². The van der Waals surface area contributed by atoms with Gasteiger partial charge in [-0.25, -0.2) is 4.79 Å². The summed E-state index contributed by atoms with van der Waals surface area (Å²) in [7, 11) is 0. The van der Waals surface area contributed by atoms with Crippen molar-refractivity contribution in [2.75, 3.05) is 23.7 Å². The monoisotopic (exact) mass is 316 g/mol. The molecule has 0 radical (unpaired) electrons. The van der Waals surface area contributed by atoms with Gasteiger partial charge in [0.15, 0.2) is 0 Å². The molecule has 1 saturated heterocycles. The van der Waals surface area contributed by atoms with Gasteiger partial charge in [-0.3, -0.25) is 0 Å². The van der Waals surface area contributed by atoms with Crippen LogP contribution in [0, 0.1) is 11.3 Å². The number of nitrogen functional groups attached to an aromatic ring is 1. The molecule has 1 aliphatic heterocycles. The standard InChI is InChI=1S/C17H24N4O2/c1-17(2,3)23-16(22)20-13-5-4-8-21(11-13)15-7-6-12(10-18)9-14(15)19/h6-7,9,13H,4-5,8,11,19H2,1-3H3,(H,20,22). The van der Waals surface area contributed by atoms with Gasteiger partial charge in [0.2, 0.25) is 0 Å². The van der Waals surface area contributed by atoms with Gasteiger partial charge in [-0.1, -0.05) is 0 Å². The summed E-state index contributed by atoms with van der Waals surface area (Å²) < 4.78 is 5.31. The van der Waals surface area contributed by atoms with Crippen LogP contribution in [0.15, 0.2) is 18.2 Å². The van der Waals surface area contributed by atoms with Crippen LogP contribution in [0.2, 0.25) is 0 Å². The molecule has 1 amide bonds. The molecule has 3 N–H and O–H groups in total. The topological polar surface area (TPSA) is 91.4 Å². The summed E-state index contributed by atoms with van der Waals surface area (Å²) >= 11 is 0. The summed E-state index contributed by atoms with van der Waals surface area (Å²) in [5.41, 5.74) is 7.58. The lowest BCUT2D eigenvalue weighted by Crippen LogP contribution is -2.49. The van der Waals surface area contributed by atoms with Crippen molar-refractivity contribution in [2.24, 2.45) is 0 Å². The number of nitriles is 1. The smallest absolute Gasteiger partial charge is 0.407 e. The number of nitrogens with zero attached hydrogens (tertiary/aromatic N) is 2. The molecule has 1 atom stereocenters. The molecule has 1 aliphatic rings. The van der Waals surface area contributed by atoms with E-state index in [9.17, 15) is 4.79 Å². The molecule has 124 valence electrons. The minimum Gasteiger partial charge on any atom is -0.444 e. The summed E-state index contributed by atoms with van der Waals surface area (Å²) in [6.45, 7) is 7.09. The highest BCUT2D eigenvalue weighted by molar-refractivity contribution is 5.71. The van der Waals surface area contributed by atoms with Gasteiger partial charge in [0.05, 0.1) is 23.0 Å². The first-order valence-electron chi connectivity index (χ1n) is 7.82. The molecule has 1 aromatic rings. The molecule has 23 heavy (non-hydrogen) atoms. The Balaban J connectivity index is 2.01. The molecule has 1 fully saturated rings. The number of hydrogen-bond donors (Lipinski definition) is 2. The first-order valence-corrected chi connectivity index (χ1v) is 7.82. The van der Waals surface area contributed by atoms with E-state index in [0.717, 1.165) is 25.1 Å². The third-order valence-corrected chi connectivity index (χ3v) is 3.64. The molecule has 1 heterocycles. The van der Waals surface area contributed by atoms with Crippen LogP contribution in [0.3, 0.4) is 0 Å². The molecular formula is C17H24N4O2. The summed E-state index contributed by atoms with van der Waals surface area (Å²) in [6, 6.07) is 7.41. The second-order valence-electron chi connectivity index (χ2n) is 6.82. The zero-order valence-corrected chi connectivity index (χ0v) is 13.9. The van der Waals surface area contributed by atoms with Crippen molar-refractivity contribution in [1.29, 1.82) is 5.26 Å². The molecule has 0 aliphatic carbocycles. The number of piperidine rings is 1. The highest BCUT2D eigenvalue weighted by Gasteiger charge is 2.25. The molecule has 1 unspecified atom stereocenters. The average Bonchev–Trinajstić information content (AvgIpc) is 2.45. The van der Waals surface area contributed by atoms with E-state index in [1.165, 1.54) is 0 Å². The third-order valence-electron chi connectivity index (χ3n) is 3.64. The summed E-state index contributed by atoms with van der Waals surface area (Å²) in [5, 5.41) is 11.8. The number of ether oxygens (including phenoxy) is 1. The Bertz CT molecular complexity index is 616. The normalized spacial score (nSPS) is 18.2. The Kier molecular flexibility index (Phi) is 4.99. The first-order chi connectivity index (χ1) is 10.8. The Morgan fingerprint density at radius 3 is 2.83 bits per heavy atom. The van der Waals surface area contributed by atoms with E-state index in [-0.39, 0.29) is 6.04 Å². The molecule has 1 aromatic carbocycles. The van der Waals surface area contributed by atoms with Crippen molar-refractivity contribution in [2.45, 2.75) is 45.3 Å². The molecule has 0 spiro atoms. The number of carbonyl (C=O) groups excluding carboxylic acids is 1.